The summed E-state index contributed by atoms with van der Waals surface area (Å²) in [7, 11) is 0. The quantitative estimate of drug-likeness (QED) is 0.347. The Morgan fingerprint density at radius 3 is 2.12 bits per heavy atom. The largest absolute Gasteiger partial charge is 0.378 e. The zero-order valence-electron chi connectivity index (χ0n) is 14.9. The molecule has 0 aromatic carbocycles. The fraction of sp³-hybridized carbons (Fsp3) is 0.688. The molecule has 1 heterocycles. The summed E-state index contributed by atoms with van der Waals surface area (Å²) in [6, 6.07) is 0. The van der Waals surface area contributed by atoms with E-state index < -0.39 is 17.8 Å². The van der Waals surface area contributed by atoms with Crippen molar-refractivity contribution in [1.82, 2.24) is 15.7 Å². The molecular weight excluding hydrogens is 346 g/mol. The van der Waals surface area contributed by atoms with Crippen LogP contribution in [0.4, 0.5) is 0 Å². The zero-order chi connectivity index (χ0) is 19.4. The van der Waals surface area contributed by atoms with Crippen LogP contribution >= 0.6 is 0 Å². The van der Waals surface area contributed by atoms with Gasteiger partial charge in [0.05, 0.1) is 13.2 Å². The molecule has 1 aliphatic rings. The molecule has 0 aliphatic carbocycles. The molecule has 0 saturated carbocycles. The van der Waals surface area contributed by atoms with Gasteiger partial charge in [-0.05, 0) is 6.42 Å². The maximum absolute atomic E-state index is 11.6. The van der Waals surface area contributed by atoms with E-state index in [1.165, 1.54) is 0 Å². The first-order valence-electron chi connectivity index (χ1n) is 8.61. The third kappa shape index (κ3) is 8.56. The number of amides is 4. The van der Waals surface area contributed by atoms with Gasteiger partial charge in [-0.3, -0.25) is 19.2 Å². The maximum Gasteiger partial charge on any atom is 0.333 e. The Balaban J connectivity index is 1.99. The predicted octanol–water partition coefficient (Wildman–Crippen LogP) is -0.577. The van der Waals surface area contributed by atoms with E-state index in [4.69, 9.17) is 9.57 Å². The van der Waals surface area contributed by atoms with E-state index in [0.717, 1.165) is 0 Å². The number of ether oxygens (including phenoxy) is 1. The third-order valence-electron chi connectivity index (χ3n) is 3.44. The number of imide groups is 1. The fourth-order valence-electron chi connectivity index (χ4n) is 2.04. The van der Waals surface area contributed by atoms with E-state index in [2.05, 4.69) is 10.6 Å². The second-order valence-electron chi connectivity index (χ2n) is 5.56. The molecule has 26 heavy (non-hydrogen) atoms. The van der Waals surface area contributed by atoms with Crippen molar-refractivity contribution >= 4 is 29.6 Å². The lowest BCUT2D eigenvalue weighted by atomic mass is 10.2. The molecule has 0 aromatic heterocycles. The van der Waals surface area contributed by atoms with Gasteiger partial charge in [-0.25, -0.2) is 4.79 Å². The van der Waals surface area contributed by atoms with Gasteiger partial charge < -0.3 is 20.2 Å². The molecule has 1 saturated heterocycles. The highest BCUT2D eigenvalue weighted by atomic mass is 16.7. The van der Waals surface area contributed by atoms with Crippen molar-refractivity contribution in [3.05, 3.63) is 0 Å². The Kier molecular flexibility index (Phi) is 9.91. The van der Waals surface area contributed by atoms with Gasteiger partial charge in [-0.1, -0.05) is 6.92 Å². The molecule has 0 unspecified atom stereocenters. The Hall–Kier alpha value is -2.49. The fourth-order valence-corrected chi connectivity index (χ4v) is 2.04. The molecule has 0 bridgehead atoms. The van der Waals surface area contributed by atoms with Crippen molar-refractivity contribution in [1.29, 1.82) is 0 Å². The lowest BCUT2D eigenvalue weighted by Gasteiger charge is -2.12. The Bertz CT molecular complexity index is 520. The lowest BCUT2D eigenvalue weighted by Crippen LogP contribution is -2.32. The second kappa shape index (κ2) is 12.0. The SMILES string of the molecule is CCC(=O)NCCOCCNC(=O)CCCC(=O)ON1C(=O)CCC1=O. The number of nitrogens with one attached hydrogen (secondary N) is 2. The number of hydroxylamine groups is 2. The Morgan fingerprint density at radius 1 is 0.962 bits per heavy atom. The number of carbonyl (C=O) groups excluding carboxylic acids is 5. The molecular formula is C16H25N3O7. The first-order valence-corrected chi connectivity index (χ1v) is 8.61. The number of rotatable bonds is 12. The maximum atomic E-state index is 11.6. The summed E-state index contributed by atoms with van der Waals surface area (Å²) in [4.78, 5) is 61.4. The van der Waals surface area contributed by atoms with Crippen LogP contribution in [-0.4, -0.2) is 61.0 Å². The summed E-state index contributed by atoms with van der Waals surface area (Å²) in [6.07, 6.45) is 0.795. The van der Waals surface area contributed by atoms with Crippen molar-refractivity contribution in [2.75, 3.05) is 26.3 Å². The smallest absolute Gasteiger partial charge is 0.333 e. The van der Waals surface area contributed by atoms with Crippen LogP contribution < -0.4 is 10.6 Å². The molecule has 2 N–H and O–H groups in total. The normalized spacial score (nSPS) is 13.7. The van der Waals surface area contributed by atoms with Gasteiger partial charge >= 0.3 is 5.97 Å². The minimum atomic E-state index is -0.723. The number of hydrogen-bond donors (Lipinski definition) is 2. The first-order chi connectivity index (χ1) is 12.4. The van der Waals surface area contributed by atoms with Crippen LogP contribution in [0, 0.1) is 0 Å². The van der Waals surface area contributed by atoms with Gasteiger partial charge in [0.15, 0.2) is 0 Å². The van der Waals surface area contributed by atoms with Crippen molar-refractivity contribution in [3.8, 4) is 0 Å². The van der Waals surface area contributed by atoms with Crippen LogP contribution in [0.5, 0.6) is 0 Å². The minimum absolute atomic E-state index is 0.0427. The molecule has 1 aliphatic heterocycles. The van der Waals surface area contributed by atoms with Crippen LogP contribution in [0.15, 0.2) is 0 Å². The number of carbonyl (C=O) groups is 5. The average Bonchev–Trinajstić information content (AvgIpc) is 2.92. The molecule has 146 valence electrons. The molecule has 0 spiro atoms. The molecule has 1 fully saturated rings. The van der Waals surface area contributed by atoms with Crippen molar-refractivity contribution < 1.29 is 33.5 Å². The van der Waals surface area contributed by atoms with Gasteiger partial charge in [-0.2, -0.15) is 0 Å². The van der Waals surface area contributed by atoms with E-state index in [1.807, 2.05) is 0 Å². The molecule has 0 atom stereocenters. The van der Waals surface area contributed by atoms with E-state index in [9.17, 15) is 24.0 Å². The summed E-state index contributed by atoms with van der Waals surface area (Å²) in [5, 5.41) is 5.78. The molecule has 10 heteroatoms. The van der Waals surface area contributed by atoms with E-state index in [-0.39, 0.29) is 43.9 Å². The van der Waals surface area contributed by atoms with Crippen LogP contribution in [0.1, 0.15) is 45.4 Å². The summed E-state index contributed by atoms with van der Waals surface area (Å²) < 4.78 is 5.24. The summed E-state index contributed by atoms with van der Waals surface area (Å²) in [5.41, 5.74) is 0. The monoisotopic (exact) mass is 371 g/mol. The molecule has 0 radical (unpaired) electrons. The topological polar surface area (TPSA) is 131 Å². The molecule has 1 rings (SSSR count). The zero-order valence-corrected chi connectivity index (χ0v) is 14.9. The highest BCUT2D eigenvalue weighted by Crippen LogP contribution is 2.13. The van der Waals surface area contributed by atoms with Crippen molar-refractivity contribution in [3.63, 3.8) is 0 Å². The highest BCUT2D eigenvalue weighted by molar-refractivity contribution is 6.01. The van der Waals surface area contributed by atoms with Crippen molar-refractivity contribution in [2.45, 2.75) is 45.4 Å². The van der Waals surface area contributed by atoms with Gasteiger partial charge in [-0.15, -0.1) is 5.06 Å². The summed E-state index contributed by atoms with van der Waals surface area (Å²) in [6.45, 7) is 3.18. The summed E-state index contributed by atoms with van der Waals surface area (Å²) >= 11 is 0. The minimum Gasteiger partial charge on any atom is -0.378 e. The van der Waals surface area contributed by atoms with Crippen LogP contribution in [-0.2, 0) is 33.5 Å². The average molecular weight is 371 g/mol. The van der Waals surface area contributed by atoms with Gasteiger partial charge in [0.1, 0.15) is 0 Å². The molecule has 10 nitrogen and oxygen atoms in total. The summed E-state index contributed by atoms with van der Waals surface area (Å²) in [5.74, 6) is -2.07. The molecule has 0 aromatic rings. The second-order valence-corrected chi connectivity index (χ2v) is 5.56. The Labute approximate surface area is 151 Å². The molecule has 4 amide bonds. The van der Waals surface area contributed by atoms with E-state index in [0.29, 0.717) is 37.8 Å². The predicted molar refractivity (Wildman–Crippen MR) is 88.2 cm³/mol. The van der Waals surface area contributed by atoms with Crippen LogP contribution in [0.25, 0.3) is 0 Å². The van der Waals surface area contributed by atoms with Crippen LogP contribution in [0.2, 0.25) is 0 Å². The van der Waals surface area contributed by atoms with Gasteiger partial charge in [0.25, 0.3) is 11.8 Å². The lowest BCUT2D eigenvalue weighted by molar-refractivity contribution is -0.197. The van der Waals surface area contributed by atoms with Gasteiger partial charge in [0, 0.05) is 45.2 Å². The third-order valence-corrected chi connectivity index (χ3v) is 3.44. The van der Waals surface area contributed by atoms with Crippen LogP contribution in [0.3, 0.4) is 0 Å². The standard InChI is InChI=1S/C16H25N3O7/c1-2-12(20)17-8-10-25-11-9-18-13(21)4-3-5-16(24)26-19-14(22)6-7-15(19)23/h2-11H2,1H3,(H,17,20)(H,18,21). The van der Waals surface area contributed by atoms with Gasteiger partial charge in [0.2, 0.25) is 11.8 Å². The van der Waals surface area contributed by atoms with E-state index >= 15 is 0 Å². The first kappa shape index (κ1) is 21.6. The van der Waals surface area contributed by atoms with Crippen molar-refractivity contribution in [2.24, 2.45) is 0 Å². The van der Waals surface area contributed by atoms with E-state index in [1.54, 1.807) is 6.92 Å². The highest BCUT2D eigenvalue weighted by Gasteiger charge is 2.32. The Morgan fingerprint density at radius 2 is 1.54 bits per heavy atom. The number of hydrogen-bond acceptors (Lipinski definition) is 7. The number of nitrogens with zero attached hydrogens (tertiary/aromatic N) is 1.